The Morgan fingerprint density at radius 3 is 2.71 bits per heavy atom. The van der Waals surface area contributed by atoms with Crippen LogP contribution in [0.2, 0.25) is 0 Å². The molecule has 0 unspecified atom stereocenters. The van der Waals surface area contributed by atoms with Gasteiger partial charge >= 0.3 is 0 Å². The van der Waals surface area contributed by atoms with Crippen LogP contribution in [0.3, 0.4) is 0 Å². The van der Waals surface area contributed by atoms with Crippen molar-refractivity contribution in [3.05, 3.63) is 33.2 Å². The Balaban J connectivity index is 3.42. The predicted molar refractivity (Wildman–Crippen MR) is 44.6 cm³/mol. The van der Waals surface area contributed by atoms with E-state index in [4.69, 9.17) is 11.0 Å². The molecule has 1 aromatic heterocycles. The van der Waals surface area contributed by atoms with Crippen molar-refractivity contribution >= 4 is 0 Å². The molecule has 0 aliphatic heterocycles. The van der Waals surface area contributed by atoms with E-state index in [2.05, 4.69) is 4.98 Å². The number of pyridine rings is 1. The van der Waals surface area contributed by atoms with E-state index in [0.29, 0.717) is 0 Å². The van der Waals surface area contributed by atoms with Crippen LogP contribution in [-0.2, 0) is 6.54 Å². The number of nitrogens with two attached hydrogens (primary N) is 1. The Labute approximate surface area is 78.0 Å². The first-order valence-electron chi connectivity index (χ1n) is 3.74. The zero-order valence-electron chi connectivity index (χ0n) is 7.05. The highest BCUT2D eigenvalue weighted by Crippen LogP contribution is 2.20. The second-order valence-corrected chi connectivity index (χ2v) is 2.56. The number of aromatic amines is 1. The van der Waals surface area contributed by atoms with Crippen molar-refractivity contribution in [2.45, 2.75) is 13.0 Å². The molecule has 0 saturated carbocycles. The third kappa shape index (κ3) is 1.78. The molecule has 0 bridgehead atoms. The number of H-pyrrole nitrogens is 1. The maximum atomic E-state index is 12.4. The molecule has 0 spiro atoms. The van der Waals surface area contributed by atoms with Gasteiger partial charge in [-0.3, -0.25) is 4.79 Å². The quantitative estimate of drug-likeness (QED) is 0.733. The van der Waals surface area contributed by atoms with Crippen LogP contribution in [0, 0.1) is 11.3 Å². The molecule has 0 aliphatic carbocycles. The van der Waals surface area contributed by atoms with Crippen LogP contribution in [-0.4, -0.2) is 4.98 Å². The van der Waals surface area contributed by atoms with Crippen LogP contribution in [0.1, 0.15) is 23.2 Å². The van der Waals surface area contributed by atoms with Gasteiger partial charge in [0.25, 0.3) is 12.0 Å². The van der Waals surface area contributed by atoms with Gasteiger partial charge in [0, 0.05) is 17.8 Å². The van der Waals surface area contributed by atoms with E-state index in [-0.39, 0.29) is 17.8 Å². The molecule has 14 heavy (non-hydrogen) atoms. The third-order valence-electron chi connectivity index (χ3n) is 1.72. The lowest BCUT2D eigenvalue weighted by Gasteiger charge is -2.05. The minimum absolute atomic E-state index is 0.0380. The van der Waals surface area contributed by atoms with Gasteiger partial charge in [-0.25, -0.2) is 8.78 Å². The summed E-state index contributed by atoms with van der Waals surface area (Å²) in [5.74, 6) is 0. The van der Waals surface area contributed by atoms with E-state index >= 15 is 0 Å². The van der Waals surface area contributed by atoms with Crippen LogP contribution in [0.25, 0.3) is 0 Å². The predicted octanol–water partition coefficient (Wildman–Crippen LogP) is 0.643. The molecule has 0 aromatic carbocycles. The highest BCUT2D eigenvalue weighted by Gasteiger charge is 2.15. The monoisotopic (exact) mass is 199 g/mol. The van der Waals surface area contributed by atoms with Gasteiger partial charge in [0.05, 0.1) is 0 Å². The van der Waals surface area contributed by atoms with Crippen LogP contribution < -0.4 is 11.3 Å². The number of nitrogens with one attached hydrogen (secondary N) is 1. The summed E-state index contributed by atoms with van der Waals surface area (Å²) in [7, 11) is 0. The third-order valence-corrected chi connectivity index (χ3v) is 1.72. The molecule has 1 aromatic rings. The van der Waals surface area contributed by atoms with Gasteiger partial charge in [0.15, 0.2) is 0 Å². The first-order chi connectivity index (χ1) is 6.60. The van der Waals surface area contributed by atoms with Gasteiger partial charge in [-0.15, -0.1) is 0 Å². The fraction of sp³-hybridized carbons (Fsp3) is 0.250. The topological polar surface area (TPSA) is 82.7 Å². The molecular formula is C8H7F2N3O. The number of alkyl halides is 2. The molecular weight excluding hydrogens is 192 g/mol. The fourth-order valence-corrected chi connectivity index (χ4v) is 1.03. The molecule has 0 fully saturated rings. The molecule has 0 aliphatic rings. The van der Waals surface area contributed by atoms with Crippen molar-refractivity contribution in [1.82, 2.24) is 4.98 Å². The molecule has 6 heteroatoms. The maximum absolute atomic E-state index is 12.4. The summed E-state index contributed by atoms with van der Waals surface area (Å²) in [6, 6.07) is 2.39. The summed E-state index contributed by atoms with van der Waals surface area (Å²) in [5, 5.41) is 8.44. The number of nitrogens with zero attached hydrogens (tertiary/aromatic N) is 1. The molecule has 0 radical (unpaired) electrons. The lowest BCUT2D eigenvalue weighted by atomic mass is 10.1. The second kappa shape index (κ2) is 3.98. The maximum Gasteiger partial charge on any atom is 0.266 e. The average Bonchev–Trinajstić information content (AvgIpc) is 2.16. The van der Waals surface area contributed by atoms with Crippen molar-refractivity contribution in [1.29, 1.82) is 5.26 Å². The zero-order valence-corrected chi connectivity index (χ0v) is 7.05. The zero-order chi connectivity index (χ0) is 10.7. The number of rotatable bonds is 2. The molecule has 1 heterocycles. The summed E-state index contributed by atoms with van der Waals surface area (Å²) in [5.41, 5.74) is 3.69. The molecule has 0 atom stereocenters. The number of hydrogen-bond donors (Lipinski definition) is 2. The summed E-state index contributed by atoms with van der Waals surface area (Å²) in [6.45, 7) is -0.194. The van der Waals surface area contributed by atoms with Crippen LogP contribution >= 0.6 is 0 Å². The Hall–Kier alpha value is -1.74. The molecule has 3 N–H and O–H groups in total. The van der Waals surface area contributed by atoms with Gasteiger partial charge < -0.3 is 10.7 Å². The van der Waals surface area contributed by atoms with Gasteiger partial charge in [-0.1, -0.05) is 0 Å². The van der Waals surface area contributed by atoms with Crippen molar-refractivity contribution in [2.75, 3.05) is 0 Å². The van der Waals surface area contributed by atoms with Crippen molar-refractivity contribution in [3.63, 3.8) is 0 Å². The highest BCUT2D eigenvalue weighted by atomic mass is 19.3. The smallest absolute Gasteiger partial charge is 0.266 e. The van der Waals surface area contributed by atoms with Gasteiger partial charge in [0.1, 0.15) is 11.6 Å². The number of nitriles is 1. The van der Waals surface area contributed by atoms with E-state index in [1.54, 1.807) is 0 Å². The summed E-state index contributed by atoms with van der Waals surface area (Å²) in [4.78, 5) is 13.2. The fourth-order valence-electron chi connectivity index (χ4n) is 1.03. The van der Waals surface area contributed by atoms with Crippen molar-refractivity contribution < 1.29 is 8.78 Å². The summed E-state index contributed by atoms with van der Waals surface area (Å²) >= 11 is 0. The first-order valence-corrected chi connectivity index (χ1v) is 3.74. The summed E-state index contributed by atoms with van der Waals surface area (Å²) in [6.07, 6.45) is -2.75. The Morgan fingerprint density at radius 2 is 2.29 bits per heavy atom. The minimum atomic E-state index is -2.75. The first kappa shape index (κ1) is 10.3. The van der Waals surface area contributed by atoms with E-state index in [1.165, 1.54) is 6.07 Å². The van der Waals surface area contributed by atoms with Crippen LogP contribution in [0.15, 0.2) is 10.9 Å². The van der Waals surface area contributed by atoms with E-state index in [0.717, 1.165) is 6.07 Å². The number of hydrogen-bond acceptors (Lipinski definition) is 3. The molecule has 74 valence electrons. The molecule has 0 saturated heterocycles. The largest absolute Gasteiger partial charge is 0.325 e. The van der Waals surface area contributed by atoms with Crippen LogP contribution in [0.4, 0.5) is 8.78 Å². The SMILES string of the molecule is N#Cc1cc(C(F)F)c(CN)[nH]c1=O. The van der Waals surface area contributed by atoms with Crippen molar-refractivity contribution in [3.8, 4) is 6.07 Å². The molecule has 0 amide bonds. The Kier molecular flexibility index (Phi) is 2.94. The Bertz CT molecular complexity index is 433. The van der Waals surface area contributed by atoms with Gasteiger partial charge in [-0.2, -0.15) is 5.26 Å². The second-order valence-electron chi connectivity index (χ2n) is 2.56. The van der Waals surface area contributed by atoms with E-state index < -0.39 is 17.5 Å². The molecule has 1 rings (SSSR count). The van der Waals surface area contributed by atoms with Gasteiger partial charge in [0.2, 0.25) is 0 Å². The summed E-state index contributed by atoms with van der Waals surface area (Å²) < 4.78 is 24.8. The number of halogens is 2. The normalized spacial score (nSPS) is 10.2. The average molecular weight is 199 g/mol. The lowest BCUT2D eigenvalue weighted by Crippen LogP contribution is -2.17. The lowest BCUT2D eigenvalue weighted by molar-refractivity contribution is 0.149. The van der Waals surface area contributed by atoms with E-state index in [9.17, 15) is 13.6 Å². The molecule has 4 nitrogen and oxygen atoms in total. The standard InChI is InChI=1S/C8H7F2N3O/c9-7(10)5-1-4(2-11)8(14)13-6(5)3-12/h1,7H,3,12H2,(H,13,14). The minimum Gasteiger partial charge on any atom is -0.325 e. The number of aromatic nitrogens is 1. The van der Waals surface area contributed by atoms with Crippen molar-refractivity contribution in [2.24, 2.45) is 5.73 Å². The van der Waals surface area contributed by atoms with Crippen LogP contribution in [0.5, 0.6) is 0 Å². The van der Waals surface area contributed by atoms with Gasteiger partial charge in [-0.05, 0) is 6.07 Å². The van der Waals surface area contributed by atoms with E-state index in [1.807, 2.05) is 0 Å². The highest BCUT2D eigenvalue weighted by molar-refractivity contribution is 5.33. The Morgan fingerprint density at radius 1 is 1.64 bits per heavy atom.